The number of hydrogen-bond donors (Lipinski definition) is 2. The predicted molar refractivity (Wildman–Crippen MR) is 72.2 cm³/mol. The van der Waals surface area contributed by atoms with Crippen LogP contribution in [-0.2, 0) is 6.61 Å². The van der Waals surface area contributed by atoms with Crippen LogP contribution in [0.4, 0.5) is 5.82 Å². The largest absolute Gasteiger partial charge is 0.401 e. The second-order valence-electron chi connectivity index (χ2n) is 3.91. The summed E-state index contributed by atoms with van der Waals surface area (Å²) < 4.78 is 0.716. The van der Waals surface area contributed by atoms with Crippen molar-refractivity contribution in [3.63, 3.8) is 0 Å². The van der Waals surface area contributed by atoms with E-state index in [0.29, 0.717) is 17.1 Å². The van der Waals surface area contributed by atoms with Gasteiger partial charge in [0.05, 0.1) is 0 Å². The molecular weight excluding hydrogens is 246 g/mol. The molecule has 2 aromatic rings. The minimum absolute atomic E-state index is 0.157. The number of benzene rings is 1. The minimum atomic E-state index is -0.598. The van der Waals surface area contributed by atoms with Gasteiger partial charge >= 0.3 is 5.69 Å². The highest BCUT2D eigenvalue weighted by Crippen LogP contribution is 1.98. The Hall–Kier alpha value is -2.50. The quantitative estimate of drug-likeness (QED) is 0.826. The van der Waals surface area contributed by atoms with Crippen LogP contribution in [0.5, 0.6) is 0 Å². The predicted octanol–water partition coefficient (Wildman–Crippen LogP) is 0.597. The molecule has 100 valence electrons. The maximum Gasteiger partial charge on any atom is 0.363 e. The van der Waals surface area contributed by atoms with E-state index in [1.165, 1.54) is 6.07 Å². The number of rotatable bonds is 5. The van der Waals surface area contributed by atoms with Gasteiger partial charge in [-0.05, 0) is 12.5 Å². The number of H-pyrrole nitrogens is 1. The highest BCUT2D eigenvalue weighted by Gasteiger charge is 2.05. The first-order valence-electron chi connectivity index (χ1n) is 5.98. The molecule has 0 spiro atoms. The summed E-state index contributed by atoms with van der Waals surface area (Å²) in [5, 5.41) is 2.87. The van der Waals surface area contributed by atoms with Gasteiger partial charge < -0.3 is 10.2 Å². The summed E-state index contributed by atoms with van der Waals surface area (Å²) >= 11 is 0. The van der Waals surface area contributed by atoms with Crippen LogP contribution in [0.3, 0.4) is 0 Å². The number of hydrogen-bond acceptors (Lipinski definition) is 4. The van der Waals surface area contributed by atoms with Crippen LogP contribution < -0.4 is 21.4 Å². The van der Waals surface area contributed by atoms with Gasteiger partial charge in [-0.1, -0.05) is 35.1 Å². The molecule has 2 rings (SSSR count). The Morgan fingerprint density at radius 2 is 2.00 bits per heavy atom. The van der Waals surface area contributed by atoms with E-state index >= 15 is 0 Å². The van der Waals surface area contributed by atoms with Gasteiger partial charge in [-0.25, -0.2) is 4.79 Å². The molecule has 0 radical (unpaired) electrons. The van der Waals surface area contributed by atoms with Crippen LogP contribution in [-0.4, -0.2) is 16.3 Å². The maximum atomic E-state index is 11.7. The van der Waals surface area contributed by atoms with E-state index < -0.39 is 11.2 Å². The van der Waals surface area contributed by atoms with E-state index in [0.717, 1.165) is 5.56 Å². The fourth-order valence-corrected chi connectivity index (χ4v) is 1.61. The molecule has 19 heavy (non-hydrogen) atoms. The lowest BCUT2D eigenvalue weighted by Gasteiger charge is -2.08. The van der Waals surface area contributed by atoms with Crippen molar-refractivity contribution in [3.8, 4) is 0 Å². The Balaban J connectivity index is 2.17. The van der Waals surface area contributed by atoms with Crippen LogP contribution in [0.15, 0.2) is 46.0 Å². The lowest BCUT2D eigenvalue weighted by atomic mass is 10.2. The Morgan fingerprint density at radius 3 is 2.63 bits per heavy atom. The lowest BCUT2D eigenvalue weighted by molar-refractivity contribution is 0.0792. The molecule has 0 aliphatic rings. The highest BCUT2D eigenvalue weighted by atomic mass is 16.7. The summed E-state index contributed by atoms with van der Waals surface area (Å²) in [6, 6.07) is 10.6. The molecule has 1 heterocycles. The average molecular weight is 261 g/mol. The molecule has 0 aliphatic carbocycles. The summed E-state index contributed by atoms with van der Waals surface area (Å²) in [6.07, 6.45) is 0. The standard InChI is InChI=1S/C13H15N3O3/c1-2-14-11-8-12(17)16(13(18)15-11)19-9-10-6-4-3-5-7-10/h3-8,14H,2,9H2,1H3,(H,15,18). The van der Waals surface area contributed by atoms with Crippen LogP contribution in [0, 0.1) is 0 Å². The van der Waals surface area contributed by atoms with E-state index in [1.54, 1.807) is 0 Å². The van der Waals surface area contributed by atoms with Gasteiger partial charge in [-0.15, -0.1) is 0 Å². The smallest absolute Gasteiger partial charge is 0.363 e. The molecule has 6 heteroatoms. The summed E-state index contributed by atoms with van der Waals surface area (Å²) in [7, 11) is 0. The van der Waals surface area contributed by atoms with Crippen molar-refractivity contribution in [2.24, 2.45) is 0 Å². The van der Waals surface area contributed by atoms with E-state index in [-0.39, 0.29) is 6.61 Å². The summed E-state index contributed by atoms with van der Waals surface area (Å²) in [5.41, 5.74) is -0.223. The van der Waals surface area contributed by atoms with E-state index in [1.807, 2.05) is 37.3 Å². The SMILES string of the molecule is CCNc1cc(=O)n(OCc2ccccc2)c(=O)[nH]1. The maximum absolute atomic E-state index is 11.7. The van der Waals surface area contributed by atoms with Gasteiger partial charge in [0.1, 0.15) is 12.4 Å². The van der Waals surface area contributed by atoms with Crippen LogP contribution in [0.2, 0.25) is 0 Å². The molecule has 0 saturated heterocycles. The molecule has 0 fully saturated rings. The summed E-state index contributed by atoms with van der Waals surface area (Å²) in [5.74, 6) is 0.386. The van der Waals surface area contributed by atoms with E-state index in [2.05, 4.69) is 10.3 Å². The van der Waals surface area contributed by atoms with Gasteiger partial charge in [0.15, 0.2) is 0 Å². The Morgan fingerprint density at radius 1 is 1.26 bits per heavy atom. The van der Waals surface area contributed by atoms with Crippen molar-refractivity contribution in [3.05, 3.63) is 62.8 Å². The molecule has 2 N–H and O–H groups in total. The van der Waals surface area contributed by atoms with Gasteiger partial charge in [-0.3, -0.25) is 9.78 Å². The number of nitrogens with zero attached hydrogens (tertiary/aromatic N) is 1. The van der Waals surface area contributed by atoms with Crippen LogP contribution in [0.1, 0.15) is 12.5 Å². The summed E-state index contributed by atoms with van der Waals surface area (Å²) in [4.78, 5) is 31.2. The molecule has 6 nitrogen and oxygen atoms in total. The van der Waals surface area contributed by atoms with E-state index in [9.17, 15) is 9.59 Å². The fraction of sp³-hybridized carbons (Fsp3) is 0.231. The first-order chi connectivity index (χ1) is 9.20. The third-order valence-corrected chi connectivity index (χ3v) is 2.46. The van der Waals surface area contributed by atoms with Gasteiger partial charge in [0, 0.05) is 12.6 Å². The lowest BCUT2D eigenvalue weighted by Crippen LogP contribution is -2.39. The second kappa shape index (κ2) is 5.90. The molecule has 0 amide bonds. The van der Waals surface area contributed by atoms with Crippen molar-refractivity contribution in [1.29, 1.82) is 0 Å². The Bertz CT molecular complexity index is 615. The minimum Gasteiger partial charge on any atom is -0.401 e. The fourth-order valence-electron chi connectivity index (χ4n) is 1.61. The zero-order valence-corrected chi connectivity index (χ0v) is 10.6. The molecule has 0 unspecified atom stereocenters. The second-order valence-corrected chi connectivity index (χ2v) is 3.91. The van der Waals surface area contributed by atoms with Crippen LogP contribution >= 0.6 is 0 Å². The van der Waals surface area contributed by atoms with Crippen LogP contribution in [0.25, 0.3) is 0 Å². The zero-order chi connectivity index (χ0) is 13.7. The van der Waals surface area contributed by atoms with E-state index in [4.69, 9.17) is 4.84 Å². The number of aromatic nitrogens is 2. The number of aromatic amines is 1. The number of nitrogens with one attached hydrogen (secondary N) is 2. The molecule has 0 atom stereocenters. The molecular formula is C13H15N3O3. The monoisotopic (exact) mass is 261 g/mol. The van der Waals surface area contributed by atoms with Gasteiger partial charge in [0.25, 0.3) is 5.56 Å². The average Bonchev–Trinajstić information content (AvgIpc) is 2.39. The molecule has 1 aromatic heterocycles. The Labute approximate surface area is 109 Å². The third kappa shape index (κ3) is 3.25. The topological polar surface area (TPSA) is 76.1 Å². The first-order valence-corrected chi connectivity index (χ1v) is 5.98. The van der Waals surface area contributed by atoms with Crippen molar-refractivity contribution >= 4 is 5.82 Å². The van der Waals surface area contributed by atoms with Gasteiger partial charge in [0.2, 0.25) is 0 Å². The van der Waals surface area contributed by atoms with Gasteiger partial charge in [-0.2, -0.15) is 0 Å². The highest BCUT2D eigenvalue weighted by molar-refractivity contribution is 5.31. The molecule has 0 bridgehead atoms. The molecule has 1 aromatic carbocycles. The van der Waals surface area contributed by atoms with Crippen molar-refractivity contribution in [2.45, 2.75) is 13.5 Å². The summed E-state index contributed by atoms with van der Waals surface area (Å²) in [6.45, 7) is 2.64. The normalized spacial score (nSPS) is 10.2. The molecule has 0 saturated carbocycles. The number of anilines is 1. The van der Waals surface area contributed by atoms with Crippen molar-refractivity contribution in [1.82, 2.24) is 9.71 Å². The molecule has 0 aliphatic heterocycles. The third-order valence-electron chi connectivity index (χ3n) is 2.46. The van der Waals surface area contributed by atoms with Crippen molar-refractivity contribution < 1.29 is 4.84 Å². The van der Waals surface area contributed by atoms with Crippen molar-refractivity contribution in [2.75, 3.05) is 11.9 Å². The zero-order valence-electron chi connectivity index (χ0n) is 10.6. The Kier molecular flexibility index (Phi) is 4.02. The first kappa shape index (κ1) is 12.9.